The van der Waals surface area contributed by atoms with Gasteiger partial charge in [-0.05, 0) is 23.1 Å². The molecular formula is C11H11ClN2. The highest BCUT2D eigenvalue weighted by Crippen LogP contribution is 2.23. The molecule has 0 heterocycles. The Hall–Kier alpha value is -1.09. The van der Waals surface area contributed by atoms with Crippen LogP contribution in [0.25, 0.3) is 10.8 Å². The highest BCUT2D eigenvalue weighted by Gasteiger charge is 1.98. The lowest BCUT2D eigenvalue weighted by Crippen LogP contribution is -2.20. The fourth-order valence-electron chi connectivity index (χ4n) is 1.52. The molecule has 72 valence electrons. The summed E-state index contributed by atoms with van der Waals surface area (Å²) in [6.07, 6.45) is 0. The van der Waals surface area contributed by atoms with Gasteiger partial charge in [0.2, 0.25) is 0 Å². The van der Waals surface area contributed by atoms with Crippen molar-refractivity contribution in [1.82, 2.24) is 5.43 Å². The van der Waals surface area contributed by atoms with E-state index in [1.807, 2.05) is 30.3 Å². The van der Waals surface area contributed by atoms with Crippen molar-refractivity contribution < 1.29 is 0 Å². The first-order valence-electron chi connectivity index (χ1n) is 4.42. The summed E-state index contributed by atoms with van der Waals surface area (Å²) in [5, 5.41) is 3.01. The minimum absolute atomic E-state index is 0.669. The normalized spacial score (nSPS) is 10.7. The molecule has 0 bridgehead atoms. The first-order chi connectivity index (χ1) is 6.81. The van der Waals surface area contributed by atoms with E-state index in [-0.39, 0.29) is 0 Å². The fraction of sp³-hybridized carbons (Fsp3) is 0.0909. The third-order valence-corrected chi connectivity index (χ3v) is 2.53. The molecular weight excluding hydrogens is 196 g/mol. The number of hydrogen-bond donors (Lipinski definition) is 2. The van der Waals surface area contributed by atoms with Crippen molar-refractivity contribution in [3.63, 3.8) is 0 Å². The van der Waals surface area contributed by atoms with E-state index in [2.05, 4.69) is 11.5 Å². The number of benzene rings is 2. The predicted molar refractivity (Wildman–Crippen MR) is 60.0 cm³/mol. The van der Waals surface area contributed by atoms with Gasteiger partial charge in [0, 0.05) is 17.0 Å². The Labute approximate surface area is 87.6 Å². The quantitative estimate of drug-likeness (QED) is 0.585. The number of nitrogens with one attached hydrogen (secondary N) is 1. The van der Waals surface area contributed by atoms with Gasteiger partial charge >= 0.3 is 0 Å². The summed E-state index contributed by atoms with van der Waals surface area (Å²) in [5.74, 6) is 5.26. The SMILES string of the molecule is NNCc1ccc2c(Cl)cccc2c1. The molecule has 0 atom stereocenters. The van der Waals surface area contributed by atoms with Gasteiger partial charge in [-0.15, -0.1) is 0 Å². The molecule has 0 aliphatic rings. The van der Waals surface area contributed by atoms with Gasteiger partial charge in [0.15, 0.2) is 0 Å². The van der Waals surface area contributed by atoms with Crippen molar-refractivity contribution >= 4 is 22.4 Å². The van der Waals surface area contributed by atoms with E-state index >= 15 is 0 Å². The third kappa shape index (κ3) is 1.73. The first-order valence-corrected chi connectivity index (χ1v) is 4.79. The Kier molecular flexibility index (Phi) is 2.68. The summed E-state index contributed by atoms with van der Waals surface area (Å²) < 4.78 is 0. The average molecular weight is 207 g/mol. The number of fused-ring (bicyclic) bond motifs is 1. The minimum atomic E-state index is 0.669. The molecule has 0 radical (unpaired) electrons. The number of nitrogens with two attached hydrogens (primary N) is 1. The van der Waals surface area contributed by atoms with Crippen LogP contribution in [-0.2, 0) is 6.54 Å². The molecule has 2 aromatic carbocycles. The van der Waals surface area contributed by atoms with Crippen LogP contribution in [0.15, 0.2) is 36.4 Å². The molecule has 0 spiro atoms. The molecule has 2 rings (SSSR count). The standard InChI is InChI=1S/C11H11ClN2/c12-11-3-1-2-9-6-8(7-14-13)4-5-10(9)11/h1-6,14H,7,13H2. The van der Waals surface area contributed by atoms with Gasteiger partial charge in [0.25, 0.3) is 0 Å². The molecule has 0 aliphatic heterocycles. The fourth-order valence-corrected chi connectivity index (χ4v) is 1.77. The number of hydrogen-bond acceptors (Lipinski definition) is 2. The lowest BCUT2D eigenvalue weighted by molar-refractivity contribution is 0.742. The molecule has 0 amide bonds. The minimum Gasteiger partial charge on any atom is -0.271 e. The van der Waals surface area contributed by atoms with E-state index < -0.39 is 0 Å². The van der Waals surface area contributed by atoms with Crippen molar-refractivity contribution in [1.29, 1.82) is 0 Å². The monoisotopic (exact) mass is 206 g/mol. The molecule has 3 heteroatoms. The Morgan fingerprint density at radius 2 is 2.07 bits per heavy atom. The Morgan fingerprint density at radius 3 is 2.86 bits per heavy atom. The number of rotatable bonds is 2. The van der Waals surface area contributed by atoms with Crippen molar-refractivity contribution in [3.8, 4) is 0 Å². The van der Waals surface area contributed by atoms with Gasteiger partial charge in [-0.1, -0.05) is 35.9 Å². The molecule has 0 aliphatic carbocycles. The van der Waals surface area contributed by atoms with E-state index in [9.17, 15) is 0 Å². The zero-order valence-electron chi connectivity index (χ0n) is 7.63. The van der Waals surface area contributed by atoms with Crippen LogP contribution in [0.4, 0.5) is 0 Å². The topological polar surface area (TPSA) is 38.0 Å². The lowest BCUT2D eigenvalue weighted by atomic mass is 10.1. The molecule has 0 saturated heterocycles. The summed E-state index contributed by atoms with van der Waals surface area (Å²) in [6.45, 7) is 0.669. The maximum absolute atomic E-state index is 6.05. The van der Waals surface area contributed by atoms with E-state index in [0.29, 0.717) is 6.54 Å². The van der Waals surface area contributed by atoms with Crippen LogP contribution in [0.5, 0.6) is 0 Å². The van der Waals surface area contributed by atoms with Crippen LogP contribution in [-0.4, -0.2) is 0 Å². The maximum atomic E-state index is 6.05. The average Bonchev–Trinajstić information content (AvgIpc) is 2.18. The zero-order valence-corrected chi connectivity index (χ0v) is 8.38. The zero-order chi connectivity index (χ0) is 9.97. The summed E-state index contributed by atoms with van der Waals surface area (Å²) >= 11 is 6.05. The van der Waals surface area contributed by atoms with Crippen LogP contribution in [0.2, 0.25) is 5.02 Å². The van der Waals surface area contributed by atoms with Crippen LogP contribution in [0, 0.1) is 0 Å². The van der Waals surface area contributed by atoms with E-state index in [0.717, 1.165) is 21.4 Å². The van der Waals surface area contributed by atoms with E-state index in [4.69, 9.17) is 17.4 Å². The molecule has 2 aromatic rings. The number of hydrazine groups is 1. The molecule has 0 unspecified atom stereocenters. The summed E-state index contributed by atoms with van der Waals surface area (Å²) in [6, 6.07) is 12.0. The summed E-state index contributed by atoms with van der Waals surface area (Å²) in [4.78, 5) is 0. The van der Waals surface area contributed by atoms with Gasteiger partial charge in [-0.3, -0.25) is 11.3 Å². The third-order valence-electron chi connectivity index (χ3n) is 2.20. The molecule has 14 heavy (non-hydrogen) atoms. The van der Waals surface area contributed by atoms with Crippen molar-refractivity contribution in [2.24, 2.45) is 5.84 Å². The molecule has 0 saturated carbocycles. The maximum Gasteiger partial charge on any atom is 0.0484 e. The molecule has 3 N–H and O–H groups in total. The predicted octanol–water partition coefficient (Wildman–Crippen LogP) is 2.46. The van der Waals surface area contributed by atoms with Crippen LogP contribution >= 0.6 is 11.6 Å². The second-order valence-corrected chi connectivity index (χ2v) is 3.58. The van der Waals surface area contributed by atoms with E-state index in [1.54, 1.807) is 0 Å². The van der Waals surface area contributed by atoms with Crippen LogP contribution in [0.1, 0.15) is 5.56 Å². The summed E-state index contributed by atoms with van der Waals surface area (Å²) in [7, 11) is 0. The largest absolute Gasteiger partial charge is 0.271 e. The Bertz CT molecular complexity index is 454. The van der Waals surface area contributed by atoms with E-state index in [1.165, 1.54) is 0 Å². The Balaban J connectivity index is 2.56. The second kappa shape index (κ2) is 3.96. The van der Waals surface area contributed by atoms with Gasteiger partial charge in [-0.2, -0.15) is 0 Å². The molecule has 2 nitrogen and oxygen atoms in total. The van der Waals surface area contributed by atoms with Crippen molar-refractivity contribution in [3.05, 3.63) is 47.0 Å². The lowest BCUT2D eigenvalue weighted by Gasteiger charge is -2.03. The molecule has 0 fully saturated rings. The van der Waals surface area contributed by atoms with Gasteiger partial charge in [-0.25, -0.2) is 0 Å². The smallest absolute Gasteiger partial charge is 0.0484 e. The van der Waals surface area contributed by atoms with Crippen LogP contribution in [0.3, 0.4) is 0 Å². The summed E-state index contributed by atoms with van der Waals surface area (Å²) in [5.41, 5.74) is 3.79. The number of halogens is 1. The van der Waals surface area contributed by atoms with Gasteiger partial charge in [0.1, 0.15) is 0 Å². The van der Waals surface area contributed by atoms with Crippen molar-refractivity contribution in [2.75, 3.05) is 0 Å². The highest BCUT2D eigenvalue weighted by atomic mass is 35.5. The van der Waals surface area contributed by atoms with Crippen LogP contribution < -0.4 is 11.3 Å². The first kappa shape index (κ1) is 9.46. The van der Waals surface area contributed by atoms with Gasteiger partial charge < -0.3 is 0 Å². The second-order valence-electron chi connectivity index (χ2n) is 3.18. The molecule has 0 aromatic heterocycles. The van der Waals surface area contributed by atoms with Crippen molar-refractivity contribution in [2.45, 2.75) is 6.54 Å². The van der Waals surface area contributed by atoms with Gasteiger partial charge in [0.05, 0.1) is 0 Å². The highest BCUT2D eigenvalue weighted by molar-refractivity contribution is 6.35. The Morgan fingerprint density at radius 1 is 1.21 bits per heavy atom.